The number of nitrogens with one attached hydrogen (secondary N) is 1. The molecule has 6 nitrogen and oxygen atoms in total. The number of anilines is 1. The molecule has 0 unspecified atom stereocenters. The second-order valence-electron chi connectivity index (χ2n) is 6.63. The quantitative estimate of drug-likeness (QED) is 0.852. The fourth-order valence-corrected chi connectivity index (χ4v) is 4.74. The van der Waals surface area contributed by atoms with Crippen molar-refractivity contribution in [2.45, 2.75) is 20.8 Å². The van der Waals surface area contributed by atoms with E-state index in [0.29, 0.717) is 9.99 Å². The van der Waals surface area contributed by atoms with Crippen LogP contribution >= 0.6 is 0 Å². The number of benzene rings is 2. The van der Waals surface area contributed by atoms with E-state index in [1.165, 1.54) is 19.1 Å². The van der Waals surface area contributed by atoms with Gasteiger partial charge in [0.15, 0.2) is 0 Å². The van der Waals surface area contributed by atoms with Crippen molar-refractivity contribution in [3.8, 4) is 0 Å². The molecule has 2 amide bonds. The third-order valence-corrected chi connectivity index (χ3v) is 6.55. The van der Waals surface area contributed by atoms with Crippen LogP contribution in [0.4, 0.5) is 10.1 Å². The first-order valence-electron chi connectivity index (χ1n) is 8.52. The number of nitrogens with zero attached hydrogens (tertiary/aromatic N) is 1. The topological polar surface area (TPSA) is 83.6 Å². The summed E-state index contributed by atoms with van der Waals surface area (Å²) in [6.07, 6.45) is 0. The minimum Gasteiger partial charge on any atom is -0.325 e. The fraction of sp³-hybridized carbons (Fsp3) is 0.200. The molecule has 0 spiro atoms. The average molecular weight is 402 g/mol. The Morgan fingerprint density at radius 2 is 1.68 bits per heavy atom. The smallest absolute Gasteiger partial charge is 0.268 e. The summed E-state index contributed by atoms with van der Waals surface area (Å²) in [4.78, 5) is 24.6. The summed E-state index contributed by atoms with van der Waals surface area (Å²) in [5.41, 5.74) is 2.73. The number of carbonyl (C=O) groups is 2. The van der Waals surface area contributed by atoms with Gasteiger partial charge >= 0.3 is 0 Å². The first-order chi connectivity index (χ1) is 13.1. The maximum Gasteiger partial charge on any atom is 0.268 e. The van der Waals surface area contributed by atoms with Crippen molar-refractivity contribution < 1.29 is 22.4 Å². The summed E-state index contributed by atoms with van der Waals surface area (Å²) in [5.74, 6) is -1.92. The highest BCUT2D eigenvalue weighted by atomic mass is 32.2. The van der Waals surface area contributed by atoms with Crippen molar-refractivity contribution >= 4 is 32.4 Å². The highest BCUT2D eigenvalue weighted by Gasteiger charge is 2.43. The average Bonchev–Trinajstić information content (AvgIpc) is 2.79. The lowest BCUT2D eigenvalue weighted by Crippen LogP contribution is -2.38. The number of halogens is 1. The second-order valence-corrected chi connectivity index (χ2v) is 8.42. The van der Waals surface area contributed by atoms with Crippen molar-refractivity contribution in [2.24, 2.45) is 0 Å². The van der Waals surface area contributed by atoms with Crippen molar-refractivity contribution in [3.63, 3.8) is 0 Å². The van der Waals surface area contributed by atoms with E-state index in [0.717, 1.165) is 23.3 Å². The number of rotatable bonds is 4. The van der Waals surface area contributed by atoms with Crippen molar-refractivity contribution in [2.75, 3.05) is 11.9 Å². The lowest BCUT2D eigenvalue weighted by atomic mass is 10.1. The van der Waals surface area contributed by atoms with Gasteiger partial charge in [0.05, 0.1) is 0 Å². The molecule has 3 rings (SSSR count). The number of aryl methyl sites for hydroxylation is 2. The Labute approximate surface area is 162 Å². The maximum absolute atomic E-state index is 13.2. The highest BCUT2D eigenvalue weighted by molar-refractivity contribution is 7.99. The zero-order chi connectivity index (χ0) is 20.6. The lowest BCUT2D eigenvalue weighted by molar-refractivity contribution is -0.126. The van der Waals surface area contributed by atoms with Gasteiger partial charge in [0.1, 0.15) is 17.3 Å². The standard InChI is InChI=1S/C20H19FN2O4S/c1-12-4-9-17(10-13(12)2)22-18(24)11-23-20(25)14(3)19(28(23,26)27)15-5-7-16(21)8-6-15/h4-10H,11H2,1-3H3,(H,22,24). The van der Waals surface area contributed by atoms with E-state index in [-0.39, 0.29) is 16.0 Å². The Bertz CT molecular complexity index is 1110. The molecule has 8 heteroatoms. The van der Waals surface area contributed by atoms with Crippen LogP contribution in [-0.4, -0.2) is 31.1 Å². The summed E-state index contributed by atoms with van der Waals surface area (Å²) in [7, 11) is -4.21. The zero-order valence-corrected chi connectivity index (χ0v) is 16.4. The van der Waals surface area contributed by atoms with Gasteiger partial charge in [-0.3, -0.25) is 9.59 Å². The van der Waals surface area contributed by atoms with Crippen LogP contribution in [0.3, 0.4) is 0 Å². The van der Waals surface area contributed by atoms with Gasteiger partial charge in [-0.25, -0.2) is 17.1 Å². The number of hydrogen-bond donors (Lipinski definition) is 1. The SMILES string of the molecule is CC1=C(c2ccc(F)cc2)S(=O)(=O)N(CC(=O)Nc2ccc(C)c(C)c2)C1=O. The Balaban J connectivity index is 1.83. The van der Waals surface area contributed by atoms with Gasteiger partial charge in [-0.05, 0) is 61.7 Å². The molecule has 0 fully saturated rings. The maximum atomic E-state index is 13.2. The van der Waals surface area contributed by atoms with Gasteiger partial charge in [-0.1, -0.05) is 18.2 Å². The first-order valence-corrected chi connectivity index (χ1v) is 9.96. The number of amides is 2. The van der Waals surface area contributed by atoms with E-state index in [1.54, 1.807) is 12.1 Å². The predicted octanol–water partition coefficient (Wildman–Crippen LogP) is 2.98. The van der Waals surface area contributed by atoms with E-state index in [4.69, 9.17) is 0 Å². The molecular weight excluding hydrogens is 383 g/mol. The Hall–Kier alpha value is -3.00. The van der Waals surface area contributed by atoms with Crippen molar-refractivity contribution in [3.05, 3.63) is 70.5 Å². The highest BCUT2D eigenvalue weighted by Crippen LogP contribution is 2.35. The summed E-state index contributed by atoms with van der Waals surface area (Å²) < 4.78 is 39.4. The van der Waals surface area contributed by atoms with Crippen LogP contribution in [0.1, 0.15) is 23.6 Å². The van der Waals surface area contributed by atoms with E-state index in [1.807, 2.05) is 19.9 Å². The molecule has 0 saturated heterocycles. The van der Waals surface area contributed by atoms with E-state index < -0.39 is 34.2 Å². The van der Waals surface area contributed by atoms with Crippen LogP contribution in [0.2, 0.25) is 0 Å². The summed E-state index contributed by atoms with van der Waals surface area (Å²) >= 11 is 0. The van der Waals surface area contributed by atoms with Gasteiger partial charge in [-0.2, -0.15) is 0 Å². The molecule has 2 aromatic rings. The summed E-state index contributed by atoms with van der Waals surface area (Å²) in [6, 6.07) is 10.1. The van der Waals surface area contributed by atoms with Crippen molar-refractivity contribution in [1.29, 1.82) is 0 Å². The van der Waals surface area contributed by atoms with Crippen LogP contribution in [0, 0.1) is 19.7 Å². The first kappa shape index (κ1) is 19.8. The molecule has 0 saturated carbocycles. The van der Waals surface area contributed by atoms with Gasteiger partial charge in [0, 0.05) is 11.3 Å². The van der Waals surface area contributed by atoms with Crippen LogP contribution in [0.25, 0.3) is 4.91 Å². The molecule has 1 aliphatic heterocycles. The van der Waals surface area contributed by atoms with Crippen LogP contribution in [0.15, 0.2) is 48.0 Å². The minimum atomic E-state index is -4.21. The predicted molar refractivity (Wildman–Crippen MR) is 104 cm³/mol. The van der Waals surface area contributed by atoms with Crippen molar-refractivity contribution in [1.82, 2.24) is 4.31 Å². The second kappa shape index (κ2) is 7.20. The Morgan fingerprint density at radius 1 is 1.04 bits per heavy atom. The molecule has 0 aromatic heterocycles. The van der Waals surface area contributed by atoms with Crippen LogP contribution in [-0.2, 0) is 19.6 Å². The van der Waals surface area contributed by atoms with Gasteiger partial charge in [0.2, 0.25) is 5.91 Å². The lowest BCUT2D eigenvalue weighted by Gasteiger charge is -2.16. The van der Waals surface area contributed by atoms with E-state index >= 15 is 0 Å². The fourth-order valence-electron chi connectivity index (χ4n) is 2.97. The Morgan fingerprint density at radius 3 is 2.29 bits per heavy atom. The van der Waals surface area contributed by atoms with E-state index in [2.05, 4.69) is 5.32 Å². The third-order valence-electron chi connectivity index (χ3n) is 4.62. The van der Waals surface area contributed by atoms with Gasteiger partial charge < -0.3 is 5.32 Å². The van der Waals surface area contributed by atoms with E-state index in [9.17, 15) is 22.4 Å². The monoisotopic (exact) mass is 402 g/mol. The molecular formula is C20H19FN2O4S. The van der Waals surface area contributed by atoms with Gasteiger partial charge in [-0.15, -0.1) is 0 Å². The zero-order valence-electron chi connectivity index (χ0n) is 15.6. The molecule has 1 heterocycles. The molecule has 1 aliphatic rings. The number of sulfonamides is 1. The number of hydrogen-bond acceptors (Lipinski definition) is 4. The van der Waals surface area contributed by atoms with Gasteiger partial charge in [0.25, 0.3) is 15.9 Å². The summed E-state index contributed by atoms with van der Waals surface area (Å²) in [6.45, 7) is 4.56. The molecule has 0 radical (unpaired) electrons. The Kier molecular flexibility index (Phi) is 5.08. The molecule has 0 aliphatic carbocycles. The molecule has 2 aromatic carbocycles. The molecule has 0 bridgehead atoms. The number of carbonyl (C=O) groups excluding carboxylic acids is 2. The molecule has 146 valence electrons. The molecule has 1 N–H and O–H groups in total. The molecule has 28 heavy (non-hydrogen) atoms. The minimum absolute atomic E-state index is 0.00871. The largest absolute Gasteiger partial charge is 0.325 e. The summed E-state index contributed by atoms with van der Waals surface area (Å²) in [5, 5.41) is 2.61. The van der Waals surface area contributed by atoms with Crippen LogP contribution < -0.4 is 5.32 Å². The third kappa shape index (κ3) is 3.55. The molecule has 0 atom stereocenters. The normalized spacial score (nSPS) is 15.9. The van der Waals surface area contributed by atoms with Crippen LogP contribution in [0.5, 0.6) is 0 Å².